The van der Waals surface area contributed by atoms with Crippen LogP contribution in [0.3, 0.4) is 0 Å². The van der Waals surface area contributed by atoms with Crippen molar-refractivity contribution in [2.24, 2.45) is 0 Å². The summed E-state index contributed by atoms with van der Waals surface area (Å²) in [5, 5.41) is 3.59. The minimum Gasteiger partial charge on any atom is -0.376 e. The van der Waals surface area contributed by atoms with Gasteiger partial charge in [-0.15, -0.1) is 0 Å². The molecule has 152 valence electrons. The topological polar surface area (TPSA) is 82.6 Å². The number of amides is 1. The molecule has 1 N–H and O–H groups in total. The maximum Gasteiger partial charge on any atom is 0.243 e. The molecule has 0 fully saturated rings. The maximum atomic E-state index is 12.8. The lowest BCUT2D eigenvalue weighted by molar-refractivity contribution is -0.113. The minimum absolute atomic E-state index is 0.162. The molecule has 0 saturated carbocycles. The zero-order chi connectivity index (χ0) is 20.7. The Hall–Kier alpha value is -2.10. The predicted octanol–water partition coefficient (Wildman–Crippen LogP) is 2.91. The second-order valence-electron chi connectivity index (χ2n) is 6.17. The van der Waals surface area contributed by atoms with Gasteiger partial charge >= 0.3 is 0 Å². The Balaban J connectivity index is 2.24. The molecule has 0 aliphatic rings. The van der Waals surface area contributed by atoms with Crippen LogP contribution in [-0.4, -0.2) is 56.6 Å². The van der Waals surface area contributed by atoms with Gasteiger partial charge in [0.05, 0.1) is 27.0 Å². The summed E-state index contributed by atoms with van der Waals surface area (Å²) in [4.78, 5) is 18.6. The van der Waals surface area contributed by atoms with E-state index in [9.17, 15) is 13.2 Å². The molecule has 2 rings (SSSR count). The van der Waals surface area contributed by atoms with E-state index in [-0.39, 0.29) is 16.6 Å². The fraction of sp³-hybridized carbons (Fsp3) is 0.368. The van der Waals surface area contributed by atoms with Gasteiger partial charge in [-0.3, -0.25) is 4.79 Å². The molecule has 0 aliphatic heterocycles. The lowest BCUT2D eigenvalue weighted by Crippen LogP contribution is -2.30. The molecule has 2 aromatic rings. The first-order valence-electron chi connectivity index (χ1n) is 8.94. The van der Waals surface area contributed by atoms with Gasteiger partial charge in [0.2, 0.25) is 15.9 Å². The summed E-state index contributed by atoms with van der Waals surface area (Å²) in [6.45, 7) is 4.37. The Morgan fingerprint density at radius 3 is 2.43 bits per heavy atom. The van der Waals surface area contributed by atoms with Crippen LogP contribution >= 0.6 is 11.8 Å². The lowest BCUT2D eigenvalue weighted by Gasteiger charge is -2.22. The normalized spacial score (nSPS) is 11.5. The first-order chi connectivity index (χ1) is 13.3. The molecular weight excluding hydrogens is 396 g/mol. The third-order valence-corrected chi connectivity index (χ3v) is 7.05. The van der Waals surface area contributed by atoms with Crippen molar-refractivity contribution in [2.45, 2.75) is 23.8 Å². The highest BCUT2D eigenvalue weighted by Gasteiger charge is 2.23. The Bertz CT molecular complexity index is 899. The van der Waals surface area contributed by atoms with Crippen molar-refractivity contribution < 1.29 is 13.2 Å². The number of hydrogen-bond acceptors (Lipinski definition) is 6. The number of benzene rings is 1. The van der Waals surface area contributed by atoms with Crippen molar-refractivity contribution in [3.05, 3.63) is 42.6 Å². The third kappa shape index (κ3) is 5.46. The molecule has 7 nitrogen and oxygen atoms in total. The van der Waals surface area contributed by atoms with Crippen molar-refractivity contribution in [3.63, 3.8) is 0 Å². The molecule has 0 radical (unpaired) electrons. The quantitative estimate of drug-likeness (QED) is 0.626. The van der Waals surface area contributed by atoms with Gasteiger partial charge in [0.25, 0.3) is 0 Å². The van der Waals surface area contributed by atoms with Crippen molar-refractivity contribution in [1.82, 2.24) is 9.29 Å². The number of rotatable bonds is 9. The minimum atomic E-state index is -3.61. The molecule has 0 bridgehead atoms. The first kappa shape index (κ1) is 22.2. The number of nitrogens with zero attached hydrogens (tertiary/aromatic N) is 3. The number of thioether (sulfide) groups is 1. The van der Waals surface area contributed by atoms with Gasteiger partial charge in [-0.05, 0) is 30.3 Å². The summed E-state index contributed by atoms with van der Waals surface area (Å²) >= 11 is 1.32. The van der Waals surface area contributed by atoms with E-state index in [0.29, 0.717) is 18.8 Å². The van der Waals surface area contributed by atoms with E-state index in [1.54, 1.807) is 32.2 Å². The van der Waals surface area contributed by atoms with Crippen molar-refractivity contribution in [2.75, 3.05) is 43.2 Å². The lowest BCUT2D eigenvalue weighted by atomic mass is 10.2. The van der Waals surface area contributed by atoms with E-state index in [2.05, 4.69) is 10.3 Å². The van der Waals surface area contributed by atoms with E-state index in [1.807, 2.05) is 37.2 Å². The molecule has 1 aromatic carbocycles. The second-order valence-corrected chi connectivity index (χ2v) is 9.10. The number of hydrogen-bond donors (Lipinski definition) is 1. The van der Waals surface area contributed by atoms with Crippen LogP contribution in [-0.2, 0) is 14.8 Å². The van der Waals surface area contributed by atoms with Crippen LogP contribution in [0.2, 0.25) is 0 Å². The van der Waals surface area contributed by atoms with Crippen LogP contribution < -0.4 is 10.2 Å². The number of carbonyl (C=O) groups excluding carboxylic acids is 1. The summed E-state index contributed by atoms with van der Waals surface area (Å²) in [7, 11) is 0.0700. The molecule has 0 unspecified atom stereocenters. The predicted molar refractivity (Wildman–Crippen MR) is 114 cm³/mol. The summed E-state index contributed by atoms with van der Waals surface area (Å²) in [6, 6.07) is 10.3. The zero-order valence-electron chi connectivity index (χ0n) is 16.5. The van der Waals surface area contributed by atoms with Crippen molar-refractivity contribution in [1.29, 1.82) is 0 Å². The number of anilines is 2. The van der Waals surface area contributed by atoms with E-state index >= 15 is 0 Å². The van der Waals surface area contributed by atoms with E-state index in [0.717, 1.165) is 10.7 Å². The Morgan fingerprint density at radius 1 is 1.14 bits per heavy atom. The van der Waals surface area contributed by atoms with Gasteiger partial charge in [0, 0.05) is 33.4 Å². The molecular formula is C19H26N4O3S2. The number of sulfonamides is 1. The molecule has 1 heterocycles. The smallest absolute Gasteiger partial charge is 0.243 e. The molecule has 0 saturated heterocycles. The fourth-order valence-electron chi connectivity index (χ4n) is 2.64. The molecule has 0 atom stereocenters. The fourth-order valence-corrected chi connectivity index (χ4v) is 4.78. The monoisotopic (exact) mass is 422 g/mol. The van der Waals surface area contributed by atoms with E-state index in [1.165, 1.54) is 22.1 Å². The number of nitrogens with one attached hydrogen (secondary N) is 1. The van der Waals surface area contributed by atoms with Gasteiger partial charge < -0.3 is 10.2 Å². The standard InChI is InChI=1S/C19H26N4O3S2/c1-5-23(6-2)28(25,26)15-10-11-17(22(3)4)16(13-15)21-18(24)14-27-19-9-7-8-12-20-19/h7-13H,5-6,14H2,1-4H3,(H,21,24). The summed E-state index contributed by atoms with van der Waals surface area (Å²) < 4.78 is 27.0. The maximum absolute atomic E-state index is 12.8. The summed E-state index contributed by atoms with van der Waals surface area (Å²) in [5.74, 6) is -0.0483. The molecule has 0 aliphatic carbocycles. The average Bonchev–Trinajstić information content (AvgIpc) is 2.67. The van der Waals surface area contributed by atoms with Gasteiger partial charge in [-0.25, -0.2) is 13.4 Å². The molecule has 0 spiro atoms. The van der Waals surface area contributed by atoms with Crippen LogP contribution in [0, 0.1) is 0 Å². The second kappa shape index (κ2) is 9.90. The highest BCUT2D eigenvalue weighted by Crippen LogP contribution is 2.29. The summed E-state index contributed by atoms with van der Waals surface area (Å²) in [5.41, 5.74) is 1.19. The van der Waals surface area contributed by atoms with Gasteiger partial charge in [0.15, 0.2) is 0 Å². The van der Waals surface area contributed by atoms with Crippen LogP contribution in [0.25, 0.3) is 0 Å². The van der Waals surface area contributed by atoms with E-state index in [4.69, 9.17) is 0 Å². The van der Waals surface area contributed by atoms with Crippen molar-refractivity contribution in [3.8, 4) is 0 Å². The van der Waals surface area contributed by atoms with Crippen LogP contribution in [0.4, 0.5) is 11.4 Å². The first-order valence-corrected chi connectivity index (χ1v) is 11.4. The largest absolute Gasteiger partial charge is 0.376 e. The Kier molecular flexibility index (Phi) is 7.85. The highest BCUT2D eigenvalue weighted by molar-refractivity contribution is 7.99. The average molecular weight is 423 g/mol. The molecule has 9 heteroatoms. The van der Waals surface area contributed by atoms with Crippen LogP contribution in [0.1, 0.15) is 13.8 Å². The highest BCUT2D eigenvalue weighted by atomic mass is 32.2. The van der Waals surface area contributed by atoms with Gasteiger partial charge in [-0.1, -0.05) is 31.7 Å². The number of aromatic nitrogens is 1. The Morgan fingerprint density at radius 2 is 1.86 bits per heavy atom. The van der Waals surface area contributed by atoms with Crippen LogP contribution in [0.5, 0.6) is 0 Å². The molecule has 1 aromatic heterocycles. The van der Waals surface area contributed by atoms with Crippen LogP contribution in [0.15, 0.2) is 52.5 Å². The summed E-state index contributed by atoms with van der Waals surface area (Å²) in [6.07, 6.45) is 1.67. The number of pyridine rings is 1. The van der Waals surface area contributed by atoms with Gasteiger partial charge in [-0.2, -0.15) is 4.31 Å². The SMILES string of the molecule is CCN(CC)S(=O)(=O)c1ccc(N(C)C)c(NC(=O)CSc2ccccn2)c1. The zero-order valence-corrected chi connectivity index (χ0v) is 18.2. The van der Waals surface area contributed by atoms with E-state index < -0.39 is 10.0 Å². The Labute approximate surface area is 171 Å². The van der Waals surface area contributed by atoms with Gasteiger partial charge in [0.1, 0.15) is 0 Å². The third-order valence-electron chi connectivity index (χ3n) is 4.06. The number of carbonyl (C=O) groups is 1. The molecule has 28 heavy (non-hydrogen) atoms. The van der Waals surface area contributed by atoms with Crippen molar-refractivity contribution >= 4 is 39.1 Å². The molecule has 1 amide bonds.